The van der Waals surface area contributed by atoms with Crippen LogP contribution in [-0.4, -0.2) is 44.5 Å². The summed E-state index contributed by atoms with van der Waals surface area (Å²) in [4.78, 5) is 0.296. The standard InChI is InChI=1S/C10H15BrN2O3S3/c1-16-7-6-13(5-4-9(12)17)19(14,15)10-3-2-8(11)18-10/h2-3H,4-7H2,1H3,(H2,12,17). The molecule has 0 unspecified atom stereocenters. The number of sulfonamides is 1. The SMILES string of the molecule is COCCN(CCC(N)=S)S(=O)(=O)c1ccc(Br)s1. The highest BCUT2D eigenvalue weighted by atomic mass is 79.9. The molecule has 0 bridgehead atoms. The van der Waals surface area contributed by atoms with Gasteiger partial charge in [-0.15, -0.1) is 11.3 Å². The topological polar surface area (TPSA) is 72.6 Å². The number of nitrogens with two attached hydrogens (primary N) is 1. The second kappa shape index (κ2) is 7.65. The molecule has 0 spiro atoms. The summed E-state index contributed by atoms with van der Waals surface area (Å²) in [6.45, 7) is 0.858. The Labute approximate surface area is 130 Å². The predicted molar refractivity (Wildman–Crippen MR) is 84.1 cm³/mol. The van der Waals surface area contributed by atoms with Gasteiger partial charge in [-0.3, -0.25) is 0 Å². The number of hydrogen-bond acceptors (Lipinski definition) is 5. The Morgan fingerprint density at radius 1 is 1.53 bits per heavy atom. The minimum atomic E-state index is -3.52. The number of ether oxygens (including phenoxy) is 1. The highest BCUT2D eigenvalue weighted by Gasteiger charge is 2.25. The largest absolute Gasteiger partial charge is 0.393 e. The van der Waals surface area contributed by atoms with E-state index in [2.05, 4.69) is 15.9 Å². The molecule has 0 aliphatic rings. The third-order valence-electron chi connectivity index (χ3n) is 2.30. The van der Waals surface area contributed by atoms with Crippen molar-refractivity contribution in [3.63, 3.8) is 0 Å². The smallest absolute Gasteiger partial charge is 0.252 e. The van der Waals surface area contributed by atoms with E-state index in [-0.39, 0.29) is 13.1 Å². The fraction of sp³-hybridized carbons (Fsp3) is 0.500. The maximum Gasteiger partial charge on any atom is 0.252 e. The van der Waals surface area contributed by atoms with E-state index in [1.165, 1.54) is 22.8 Å². The molecule has 9 heteroatoms. The first-order valence-corrected chi connectivity index (χ1v) is 8.86. The predicted octanol–water partition coefficient (Wildman–Crippen LogP) is 1.82. The van der Waals surface area contributed by atoms with Crippen LogP contribution in [0.25, 0.3) is 0 Å². The summed E-state index contributed by atoms with van der Waals surface area (Å²) in [6, 6.07) is 3.28. The zero-order chi connectivity index (χ0) is 14.5. The monoisotopic (exact) mass is 386 g/mol. The molecule has 0 fully saturated rings. The molecule has 0 aromatic carbocycles. The molecule has 2 N–H and O–H groups in total. The van der Waals surface area contributed by atoms with Crippen molar-refractivity contribution in [1.29, 1.82) is 0 Å². The van der Waals surface area contributed by atoms with Gasteiger partial charge in [0.1, 0.15) is 4.21 Å². The number of thiophene rings is 1. The van der Waals surface area contributed by atoms with Gasteiger partial charge in [-0.05, 0) is 28.1 Å². The second-order valence-corrected chi connectivity index (χ2v) is 8.82. The zero-order valence-electron chi connectivity index (χ0n) is 10.3. The summed E-state index contributed by atoms with van der Waals surface area (Å²) in [5.74, 6) is 0. The lowest BCUT2D eigenvalue weighted by Gasteiger charge is -2.20. The molecule has 0 aliphatic heterocycles. The second-order valence-electron chi connectivity index (χ2n) is 3.67. The molecule has 1 heterocycles. The van der Waals surface area contributed by atoms with Crippen molar-refractivity contribution in [2.75, 3.05) is 26.8 Å². The van der Waals surface area contributed by atoms with E-state index in [0.717, 1.165) is 3.79 Å². The molecular formula is C10H15BrN2O3S3. The summed E-state index contributed by atoms with van der Waals surface area (Å²) in [7, 11) is -1.99. The van der Waals surface area contributed by atoms with Crippen LogP contribution in [0.5, 0.6) is 0 Å². The average molecular weight is 387 g/mol. The Hall–Kier alpha value is -0.0600. The van der Waals surface area contributed by atoms with Gasteiger partial charge in [0, 0.05) is 26.6 Å². The minimum absolute atomic E-state index is 0.260. The van der Waals surface area contributed by atoms with E-state index >= 15 is 0 Å². The maximum absolute atomic E-state index is 12.4. The van der Waals surface area contributed by atoms with E-state index in [1.807, 2.05) is 0 Å². The number of rotatable bonds is 8. The molecule has 1 aromatic heterocycles. The first-order chi connectivity index (χ1) is 8.87. The molecule has 108 valence electrons. The van der Waals surface area contributed by atoms with Crippen LogP contribution in [0.2, 0.25) is 0 Å². The van der Waals surface area contributed by atoms with Gasteiger partial charge in [-0.25, -0.2) is 8.42 Å². The molecule has 19 heavy (non-hydrogen) atoms. The Bertz CT molecular complexity index is 530. The molecule has 0 saturated carbocycles. The van der Waals surface area contributed by atoms with Gasteiger partial charge in [-0.2, -0.15) is 4.31 Å². The van der Waals surface area contributed by atoms with Crippen LogP contribution in [0.1, 0.15) is 6.42 Å². The summed E-state index contributed by atoms with van der Waals surface area (Å²) in [5.41, 5.74) is 5.43. The van der Waals surface area contributed by atoms with Gasteiger partial charge in [0.25, 0.3) is 10.0 Å². The van der Waals surface area contributed by atoms with Crippen molar-refractivity contribution >= 4 is 54.5 Å². The molecule has 1 rings (SSSR count). The van der Waals surface area contributed by atoms with Crippen molar-refractivity contribution in [3.8, 4) is 0 Å². The van der Waals surface area contributed by atoms with E-state index in [9.17, 15) is 8.42 Å². The summed E-state index contributed by atoms with van der Waals surface area (Å²) in [5, 5.41) is 0. The molecule has 0 amide bonds. The molecule has 0 saturated heterocycles. The summed E-state index contributed by atoms with van der Waals surface area (Å²) >= 11 is 9.22. The highest BCUT2D eigenvalue weighted by Crippen LogP contribution is 2.28. The van der Waals surface area contributed by atoms with Crippen LogP contribution in [0.3, 0.4) is 0 Å². The molecule has 1 aromatic rings. The highest BCUT2D eigenvalue weighted by molar-refractivity contribution is 9.11. The lowest BCUT2D eigenvalue weighted by atomic mass is 10.4. The Balaban J connectivity index is 2.91. The van der Waals surface area contributed by atoms with Gasteiger partial charge in [-0.1, -0.05) is 12.2 Å². The fourth-order valence-electron chi connectivity index (χ4n) is 1.34. The molecule has 5 nitrogen and oxygen atoms in total. The lowest BCUT2D eigenvalue weighted by molar-refractivity contribution is 0.180. The van der Waals surface area contributed by atoms with Crippen LogP contribution in [0.4, 0.5) is 0 Å². The van der Waals surface area contributed by atoms with Gasteiger partial charge in [0.15, 0.2) is 0 Å². The maximum atomic E-state index is 12.4. The van der Waals surface area contributed by atoms with Crippen LogP contribution < -0.4 is 5.73 Å². The van der Waals surface area contributed by atoms with Crippen molar-refractivity contribution < 1.29 is 13.2 Å². The minimum Gasteiger partial charge on any atom is -0.393 e. The first-order valence-electron chi connectivity index (χ1n) is 5.40. The van der Waals surface area contributed by atoms with Crippen molar-refractivity contribution in [3.05, 3.63) is 15.9 Å². The molecular weight excluding hydrogens is 372 g/mol. The fourth-order valence-corrected chi connectivity index (χ4v) is 5.02. The van der Waals surface area contributed by atoms with Gasteiger partial charge in [0.2, 0.25) is 0 Å². The summed E-state index contributed by atoms with van der Waals surface area (Å²) < 4.78 is 32.2. The van der Waals surface area contributed by atoms with Crippen LogP contribution in [0, 0.1) is 0 Å². The third-order valence-corrected chi connectivity index (χ3v) is 6.49. The first kappa shape index (κ1) is 17.0. The molecule has 0 atom stereocenters. The average Bonchev–Trinajstić information content (AvgIpc) is 2.76. The lowest BCUT2D eigenvalue weighted by Crippen LogP contribution is -2.35. The zero-order valence-corrected chi connectivity index (χ0v) is 14.4. The van der Waals surface area contributed by atoms with E-state index < -0.39 is 10.0 Å². The van der Waals surface area contributed by atoms with Crippen molar-refractivity contribution in [1.82, 2.24) is 4.31 Å². The van der Waals surface area contributed by atoms with E-state index in [4.69, 9.17) is 22.7 Å². The van der Waals surface area contributed by atoms with E-state index in [0.29, 0.717) is 22.2 Å². The van der Waals surface area contributed by atoms with Gasteiger partial charge in [0.05, 0.1) is 15.4 Å². The molecule has 0 aliphatic carbocycles. The van der Waals surface area contributed by atoms with Crippen LogP contribution >= 0.6 is 39.5 Å². The van der Waals surface area contributed by atoms with Gasteiger partial charge >= 0.3 is 0 Å². The van der Waals surface area contributed by atoms with Crippen LogP contribution in [-0.2, 0) is 14.8 Å². The number of hydrogen-bond donors (Lipinski definition) is 1. The Kier molecular flexibility index (Phi) is 6.84. The molecule has 0 radical (unpaired) electrons. The Morgan fingerprint density at radius 3 is 2.68 bits per heavy atom. The van der Waals surface area contributed by atoms with E-state index in [1.54, 1.807) is 12.1 Å². The van der Waals surface area contributed by atoms with Crippen LogP contribution in [0.15, 0.2) is 20.1 Å². The number of nitrogens with zero attached hydrogens (tertiary/aromatic N) is 1. The number of methoxy groups -OCH3 is 1. The summed E-state index contributed by atoms with van der Waals surface area (Å²) in [6.07, 6.45) is 0.352. The number of halogens is 1. The van der Waals surface area contributed by atoms with Crippen molar-refractivity contribution in [2.24, 2.45) is 5.73 Å². The number of thiocarbonyl (C=S) groups is 1. The van der Waals surface area contributed by atoms with Crippen molar-refractivity contribution in [2.45, 2.75) is 10.6 Å². The Morgan fingerprint density at radius 2 is 2.21 bits per heavy atom. The normalized spacial score (nSPS) is 11.9. The quantitative estimate of drug-likeness (QED) is 0.689. The van der Waals surface area contributed by atoms with Gasteiger partial charge < -0.3 is 10.5 Å². The third kappa shape index (κ3) is 5.09.